The summed E-state index contributed by atoms with van der Waals surface area (Å²) in [6, 6.07) is 0. The Bertz CT molecular complexity index is 303. The molecule has 0 saturated carbocycles. The van der Waals surface area contributed by atoms with Crippen LogP contribution in [0.2, 0.25) is 0 Å². The number of hydrogen-bond acceptors (Lipinski definition) is 3. The second-order valence-electron chi connectivity index (χ2n) is 4.49. The number of thioether (sulfide) groups is 1. The monoisotopic (exact) mass is 241 g/mol. The smallest absolute Gasteiger partial charge is 0.233 e. The largest absolute Gasteiger partial charge is 0.392 e. The molecule has 2 aliphatic heterocycles. The van der Waals surface area contributed by atoms with Crippen molar-refractivity contribution in [1.29, 1.82) is 0 Å². The third-order valence-electron chi connectivity index (χ3n) is 3.27. The standard InChI is InChI=1S/C12H19NO2S/c1-2-3-4-5-10-11(15)13-6-9(7-14)8-16-12(10)13/h6,10,12,14H,2-5,7-8H2,1H3/t10?,12-/m0/s1. The van der Waals surface area contributed by atoms with Crippen molar-refractivity contribution in [2.45, 2.75) is 38.0 Å². The molecule has 90 valence electrons. The van der Waals surface area contributed by atoms with Gasteiger partial charge in [0.15, 0.2) is 0 Å². The predicted molar refractivity (Wildman–Crippen MR) is 65.9 cm³/mol. The predicted octanol–water partition coefficient (Wildman–Crippen LogP) is 1.97. The van der Waals surface area contributed by atoms with Crippen LogP contribution >= 0.6 is 11.8 Å². The molecule has 2 rings (SSSR count). The molecule has 1 N–H and O–H groups in total. The van der Waals surface area contributed by atoms with Crippen molar-refractivity contribution < 1.29 is 9.90 Å². The summed E-state index contributed by atoms with van der Waals surface area (Å²) >= 11 is 1.79. The van der Waals surface area contributed by atoms with Gasteiger partial charge in [0.1, 0.15) is 0 Å². The zero-order chi connectivity index (χ0) is 11.5. The van der Waals surface area contributed by atoms with Crippen molar-refractivity contribution >= 4 is 17.7 Å². The fourth-order valence-corrected chi connectivity index (χ4v) is 3.64. The van der Waals surface area contributed by atoms with Crippen molar-refractivity contribution in [3.8, 4) is 0 Å². The van der Waals surface area contributed by atoms with E-state index in [1.807, 2.05) is 6.20 Å². The molecule has 1 amide bonds. The van der Waals surface area contributed by atoms with Gasteiger partial charge in [0.05, 0.1) is 17.9 Å². The Kier molecular flexibility index (Phi) is 3.92. The molecular weight excluding hydrogens is 222 g/mol. The summed E-state index contributed by atoms with van der Waals surface area (Å²) in [5.74, 6) is 1.35. The maximum atomic E-state index is 11.8. The molecule has 1 unspecified atom stereocenters. The van der Waals surface area contributed by atoms with E-state index >= 15 is 0 Å². The van der Waals surface area contributed by atoms with Crippen molar-refractivity contribution in [2.24, 2.45) is 5.92 Å². The normalized spacial score (nSPS) is 28.5. The number of unbranched alkanes of at least 4 members (excludes halogenated alkanes) is 2. The average Bonchev–Trinajstić information content (AvgIpc) is 2.33. The van der Waals surface area contributed by atoms with E-state index in [0.29, 0.717) is 5.37 Å². The van der Waals surface area contributed by atoms with Crippen molar-refractivity contribution in [1.82, 2.24) is 4.90 Å². The lowest BCUT2D eigenvalue weighted by atomic mass is 9.92. The van der Waals surface area contributed by atoms with Crippen LogP contribution in [0.3, 0.4) is 0 Å². The molecule has 3 nitrogen and oxygen atoms in total. The number of fused-ring (bicyclic) bond motifs is 1. The first-order valence-electron chi connectivity index (χ1n) is 6.02. The van der Waals surface area contributed by atoms with Crippen LogP contribution in [0, 0.1) is 5.92 Å². The third kappa shape index (κ3) is 2.13. The Morgan fingerprint density at radius 3 is 3.06 bits per heavy atom. The number of nitrogens with zero attached hydrogens (tertiary/aromatic N) is 1. The SMILES string of the molecule is CCCCCC1C(=O)N2C=C(CO)CS[C@@H]12. The molecule has 0 aromatic carbocycles. The van der Waals surface area contributed by atoms with E-state index in [1.54, 1.807) is 16.7 Å². The first-order chi connectivity index (χ1) is 7.77. The van der Waals surface area contributed by atoms with Crippen LogP contribution in [0.15, 0.2) is 11.8 Å². The van der Waals surface area contributed by atoms with E-state index in [-0.39, 0.29) is 18.4 Å². The number of aliphatic hydroxyl groups is 1. The van der Waals surface area contributed by atoms with Crippen LogP contribution in [-0.4, -0.2) is 33.6 Å². The quantitative estimate of drug-likeness (QED) is 0.591. The number of carbonyl (C=O) groups excluding carboxylic acids is 1. The van der Waals surface area contributed by atoms with Gasteiger partial charge < -0.3 is 10.0 Å². The minimum absolute atomic E-state index is 0.0734. The highest BCUT2D eigenvalue weighted by Crippen LogP contribution is 2.42. The first kappa shape index (κ1) is 12.0. The van der Waals surface area contributed by atoms with E-state index in [4.69, 9.17) is 5.11 Å². The minimum Gasteiger partial charge on any atom is -0.392 e. The minimum atomic E-state index is 0.0734. The first-order valence-corrected chi connectivity index (χ1v) is 7.07. The summed E-state index contributed by atoms with van der Waals surface area (Å²) in [7, 11) is 0. The van der Waals surface area contributed by atoms with Crippen molar-refractivity contribution in [3.05, 3.63) is 11.8 Å². The summed E-state index contributed by atoms with van der Waals surface area (Å²) in [5, 5.41) is 9.37. The van der Waals surface area contributed by atoms with Crippen molar-refractivity contribution in [2.75, 3.05) is 12.4 Å². The number of β-lactam (4-membered cyclic amide) rings is 1. The van der Waals surface area contributed by atoms with E-state index in [2.05, 4.69) is 6.92 Å². The summed E-state index contributed by atoms with van der Waals surface area (Å²) in [6.07, 6.45) is 6.47. The Balaban J connectivity index is 1.88. The van der Waals surface area contributed by atoms with E-state index in [9.17, 15) is 4.79 Å². The van der Waals surface area contributed by atoms with Gasteiger partial charge in [-0.05, 0) is 12.0 Å². The molecule has 2 atom stereocenters. The molecule has 0 radical (unpaired) electrons. The molecule has 16 heavy (non-hydrogen) atoms. The topological polar surface area (TPSA) is 40.5 Å². The van der Waals surface area contributed by atoms with Gasteiger partial charge in [-0.1, -0.05) is 26.2 Å². The van der Waals surface area contributed by atoms with Gasteiger partial charge in [-0.15, -0.1) is 11.8 Å². The highest BCUT2D eigenvalue weighted by Gasteiger charge is 2.47. The number of aliphatic hydroxyl groups excluding tert-OH is 1. The van der Waals surface area contributed by atoms with Gasteiger partial charge in [0.25, 0.3) is 0 Å². The second-order valence-corrected chi connectivity index (χ2v) is 5.60. The lowest BCUT2D eigenvalue weighted by Gasteiger charge is -2.47. The number of hydrogen-bond donors (Lipinski definition) is 1. The van der Waals surface area contributed by atoms with Crippen LogP contribution < -0.4 is 0 Å². The zero-order valence-electron chi connectivity index (χ0n) is 9.69. The molecule has 0 aromatic heterocycles. The number of amides is 1. The number of carbonyl (C=O) groups is 1. The maximum absolute atomic E-state index is 11.8. The van der Waals surface area contributed by atoms with Gasteiger partial charge in [0, 0.05) is 12.0 Å². The lowest BCUT2D eigenvalue weighted by molar-refractivity contribution is -0.146. The lowest BCUT2D eigenvalue weighted by Crippen LogP contribution is -2.58. The Morgan fingerprint density at radius 2 is 2.38 bits per heavy atom. The van der Waals surface area contributed by atoms with Crippen LogP contribution in [-0.2, 0) is 4.79 Å². The molecule has 0 bridgehead atoms. The van der Waals surface area contributed by atoms with Crippen molar-refractivity contribution in [3.63, 3.8) is 0 Å². The van der Waals surface area contributed by atoms with Gasteiger partial charge in [-0.2, -0.15) is 0 Å². The van der Waals surface area contributed by atoms with Crippen LogP contribution in [0.25, 0.3) is 0 Å². The highest BCUT2D eigenvalue weighted by atomic mass is 32.2. The highest BCUT2D eigenvalue weighted by molar-refractivity contribution is 8.00. The van der Waals surface area contributed by atoms with Crippen LogP contribution in [0.4, 0.5) is 0 Å². The maximum Gasteiger partial charge on any atom is 0.233 e. The molecular formula is C12H19NO2S. The summed E-state index contributed by atoms with van der Waals surface area (Å²) < 4.78 is 0. The summed E-state index contributed by atoms with van der Waals surface area (Å²) in [4.78, 5) is 13.6. The van der Waals surface area contributed by atoms with E-state index < -0.39 is 0 Å². The second kappa shape index (κ2) is 5.23. The van der Waals surface area contributed by atoms with E-state index in [0.717, 1.165) is 24.2 Å². The molecule has 2 aliphatic rings. The molecule has 0 aliphatic carbocycles. The van der Waals surface area contributed by atoms with Gasteiger partial charge in [-0.25, -0.2) is 0 Å². The Labute approximate surface area is 101 Å². The fourth-order valence-electron chi connectivity index (χ4n) is 2.28. The Morgan fingerprint density at radius 1 is 1.56 bits per heavy atom. The van der Waals surface area contributed by atoms with E-state index in [1.165, 1.54) is 12.8 Å². The third-order valence-corrected chi connectivity index (χ3v) is 4.71. The summed E-state index contributed by atoms with van der Waals surface area (Å²) in [5.41, 5.74) is 0.960. The van der Waals surface area contributed by atoms with Crippen LogP contribution in [0.5, 0.6) is 0 Å². The average molecular weight is 241 g/mol. The Hall–Kier alpha value is -0.480. The number of rotatable bonds is 5. The molecule has 0 aromatic rings. The van der Waals surface area contributed by atoms with Gasteiger partial charge >= 0.3 is 0 Å². The molecule has 1 fully saturated rings. The van der Waals surface area contributed by atoms with Gasteiger partial charge in [-0.3, -0.25) is 4.79 Å². The fraction of sp³-hybridized carbons (Fsp3) is 0.750. The summed E-state index contributed by atoms with van der Waals surface area (Å²) in [6.45, 7) is 2.25. The molecule has 1 saturated heterocycles. The van der Waals surface area contributed by atoms with Crippen LogP contribution in [0.1, 0.15) is 32.6 Å². The molecule has 0 spiro atoms. The molecule has 2 heterocycles. The van der Waals surface area contributed by atoms with Gasteiger partial charge in [0.2, 0.25) is 5.91 Å². The molecule has 4 heteroatoms. The zero-order valence-corrected chi connectivity index (χ0v) is 10.5.